The monoisotopic (exact) mass is 449 g/mol. The molecule has 2 atom stereocenters. The predicted molar refractivity (Wildman–Crippen MR) is 114 cm³/mol. The van der Waals surface area contributed by atoms with Crippen LogP contribution < -0.4 is 5.32 Å². The number of halogens is 2. The van der Waals surface area contributed by atoms with Crippen LogP contribution in [0.3, 0.4) is 0 Å². The molecule has 9 heteroatoms. The zero-order valence-corrected chi connectivity index (χ0v) is 18.8. The number of benzene rings is 1. The van der Waals surface area contributed by atoms with E-state index >= 15 is 0 Å². The second-order valence-corrected chi connectivity index (χ2v) is 8.36. The molecule has 1 saturated heterocycles. The van der Waals surface area contributed by atoms with Gasteiger partial charge in [0.05, 0.1) is 19.2 Å². The van der Waals surface area contributed by atoms with Crippen molar-refractivity contribution in [3.05, 3.63) is 57.6 Å². The van der Waals surface area contributed by atoms with Gasteiger partial charge in [0, 0.05) is 34.6 Å². The molecule has 2 unspecified atom stereocenters. The lowest BCUT2D eigenvalue weighted by Crippen LogP contribution is -2.41. The van der Waals surface area contributed by atoms with Crippen molar-refractivity contribution in [3.8, 4) is 0 Å². The number of carbonyl (C=O) groups is 3. The second-order valence-electron chi connectivity index (χ2n) is 7.95. The quantitative estimate of drug-likeness (QED) is 0.515. The Labute approximate surface area is 185 Å². The van der Waals surface area contributed by atoms with Crippen molar-refractivity contribution in [2.24, 2.45) is 0 Å². The number of nitrogens with one attached hydrogen (secondary N) is 1. The van der Waals surface area contributed by atoms with Gasteiger partial charge in [-0.3, -0.25) is 14.5 Å². The highest BCUT2D eigenvalue weighted by Gasteiger charge is 2.50. The number of amides is 3. The number of nitrogens with zero attached hydrogens (tertiary/aromatic N) is 2. The highest BCUT2D eigenvalue weighted by molar-refractivity contribution is 6.32. The number of methoxy groups -OCH3 is 1. The van der Waals surface area contributed by atoms with Crippen molar-refractivity contribution < 1.29 is 23.5 Å². The van der Waals surface area contributed by atoms with E-state index in [1.807, 2.05) is 25.3 Å². The first-order valence-corrected chi connectivity index (χ1v) is 10.2. The van der Waals surface area contributed by atoms with Crippen molar-refractivity contribution in [2.75, 3.05) is 20.3 Å². The fourth-order valence-electron chi connectivity index (χ4n) is 4.20. The van der Waals surface area contributed by atoms with E-state index in [2.05, 4.69) is 5.32 Å². The Morgan fingerprint density at radius 2 is 1.97 bits per heavy atom. The van der Waals surface area contributed by atoms with Crippen LogP contribution in [-0.4, -0.2) is 47.4 Å². The fraction of sp³-hybridized carbons (Fsp3) is 0.409. The topological polar surface area (TPSA) is 80.6 Å². The maximum Gasteiger partial charge on any atom is 0.325 e. The second kappa shape index (κ2) is 8.43. The van der Waals surface area contributed by atoms with E-state index < -0.39 is 29.8 Å². The van der Waals surface area contributed by atoms with E-state index in [1.165, 1.54) is 13.0 Å². The summed E-state index contributed by atoms with van der Waals surface area (Å²) in [6, 6.07) is 4.65. The minimum Gasteiger partial charge on any atom is -0.383 e. The van der Waals surface area contributed by atoms with Crippen molar-refractivity contribution in [1.29, 1.82) is 0 Å². The largest absolute Gasteiger partial charge is 0.383 e. The summed E-state index contributed by atoms with van der Waals surface area (Å²) >= 11 is 6.12. The molecule has 2 aromatic rings. The zero-order chi connectivity index (χ0) is 23.1. The molecular weight excluding hydrogens is 425 g/mol. The van der Waals surface area contributed by atoms with Gasteiger partial charge < -0.3 is 14.6 Å². The minimum absolute atomic E-state index is 0.0139. The van der Waals surface area contributed by atoms with Gasteiger partial charge >= 0.3 is 6.03 Å². The summed E-state index contributed by atoms with van der Waals surface area (Å²) in [5.41, 5.74) is 0.824. The molecule has 3 amide bonds. The molecular formula is C22H25ClFN3O4. The van der Waals surface area contributed by atoms with Gasteiger partial charge in [-0.15, -0.1) is 0 Å². The van der Waals surface area contributed by atoms with Crippen LogP contribution in [0.4, 0.5) is 9.18 Å². The van der Waals surface area contributed by atoms with E-state index in [-0.39, 0.29) is 22.4 Å². The molecule has 0 spiro atoms. The summed E-state index contributed by atoms with van der Waals surface area (Å²) in [5.74, 6) is -1.54. The SMILES string of the molecule is COCC(C)n1c(C)cc(C(=O)CN2C(=O)NC(C)(c3ccc(F)cc3Cl)C2=O)c1C. The molecule has 1 aromatic carbocycles. The normalized spacial score (nSPS) is 19.6. The van der Waals surface area contributed by atoms with E-state index in [1.54, 1.807) is 13.2 Å². The smallest absolute Gasteiger partial charge is 0.325 e. The van der Waals surface area contributed by atoms with E-state index in [0.717, 1.165) is 28.4 Å². The predicted octanol–water partition coefficient (Wildman–Crippen LogP) is 3.75. The van der Waals surface area contributed by atoms with Gasteiger partial charge in [0.25, 0.3) is 5.91 Å². The van der Waals surface area contributed by atoms with Gasteiger partial charge in [-0.2, -0.15) is 0 Å². The molecule has 0 saturated carbocycles. The maximum atomic E-state index is 13.4. The van der Waals surface area contributed by atoms with Crippen LogP contribution in [0.15, 0.2) is 24.3 Å². The highest BCUT2D eigenvalue weighted by atomic mass is 35.5. The average Bonchev–Trinajstić information content (AvgIpc) is 3.09. The number of rotatable bonds is 7. The van der Waals surface area contributed by atoms with Crippen LogP contribution in [0, 0.1) is 19.7 Å². The van der Waals surface area contributed by atoms with Gasteiger partial charge in [0.15, 0.2) is 5.78 Å². The molecule has 3 rings (SSSR count). The fourth-order valence-corrected chi connectivity index (χ4v) is 4.56. The number of urea groups is 1. The lowest BCUT2D eigenvalue weighted by atomic mass is 9.92. The van der Waals surface area contributed by atoms with Crippen LogP contribution >= 0.6 is 11.6 Å². The third-order valence-corrected chi connectivity index (χ3v) is 5.99. The molecule has 7 nitrogen and oxygen atoms in total. The summed E-state index contributed by atoms with van der Waals surface area (Å²) in [7, 11) is 1.61. The minimum atomic E-state index is -1.49. The molecule has 1 fully saturated rings. The highest BCUT2D eigenvalue weighted by Crippen LogP contribution is 2.34. The van der Waals surface area contributed by atoms with Crippen LogP contribution in [0.1, 0.15) is 47.2 Å². The Bertz CT molecular complexity index is 1070. The van der Waals surface area contributed by atoms with Crippen molar-refractivity contribution in [1.82, 2.24) is 14.8 Å². The van der Waals surface area contributed by atoms with Crippen LogP contribution in [-0.2, 0) is 15.1 Å². The van der Waals surface area contributed by atoms with Gasteiger partial charge in [0.1, 0.15) is 11.4 Å². The number of carbonyl (C=O) groups excluding carboxylic acids is 3. The van der Waals surface area contributed by atoms with Crippen molar-refractivity contribution in [2.45, 2.75) is 39.3 Å². The number of imide groups is 1. The van der Waals surface area contributed by atoms with E-state index in [0.29, 0.717) is 12.2 Å². The third kappa shape index (κ3) is 3.97. The number of aromatic nitrogens is 1. The van der Waals surface area contributed by atoms with Crippen molar-refractivity contribution >= 4 is 29.3 Å². The summed E-state index contributed by atoms with van der Waals surface area (Å²) in [5, 5.41) is 2.60. The number of hydrogen-bond donors (Lipinski definition) is 1. The first-order chi connectivity index (χ1) is 14.5. The molecule has 166 valence electrons. The first kappa shape index (κ1) is 23.0. The van der Waals surface area contributed by atoms with Crippen molar-refractivity contribution in [3.63, 3.8) is 0 Å². The molecule has 1 aromatic heterocycles. The summed E-state index contributed by atoms with van der Waals surface area (Å²) in [6.07, 6.45) is 0. The van der Waals surface area contributed by atoms with Gasteiger partial charge in [0.2, 0.25) is 0 Å². The third-order valence-electron chi connectivity index (χ3n) is 5.68. The zero-order valence-electron chi connectivity index (χ0n) is 18.1. The Kier molecular flexibility index (Phi) is 6.25. The molecule has 1 aliphatic heterocycles. The van der Waals surface area contributed by atoms with Crippen LogP contribution in [0.25, 0.3) is 0 Å². The molecule has 2 heterocycles. The number of ether oxygens (including phenoxy) is 1. The molecule has 0 radical (unpaired) electrons. The molecule has 1 aliphatic rings. The lowest BCUT2D eigenvalue weighted by Gasteiger charge is -2.23. The summed E-state index contributed by atoms with van der Waals surface area (Å²) in [6.45, 7) is 7.23. The molecule has 31 heavy (non-hydrogen) atoms. The van der Waals surface area contributed by atoms with E-state index in [9.17, 15) is 18.8 Å². The van der Waals surface area contributed by atoms with Crippen LogP contribution in [0.5, 0.6) is 0 Å². The molecule has 0 aliphatic carbocycles. The van der Waals surface area contributed by atoms with Gasteiger partial charge in [-0.25, -0.2) is 9.18 Å². The first-order valence-electron chi connectivity index (χ1n) is 9.81. The molecule has 1 N–H and O–H groups in total. The lowest BCUT2D eigenvalue weighted by molar-refractivity contribution is -0.130. The van der Waals surface area contributed by atoms with Gasteiger partial charge in [-0.05, 0) is 45.9 Å². The standard InChI is InChI=1S/C22H25ClFN3O4/c1-12-8-16(14(3)27(12)13(2)11-31-5)19(28)10-26-20(29)22(4,25-21(26)30)17-7-6-15(24)9-18(17)23/h6-9,13H,10-11H2,1-5H3,(H,25,30). The van der Waals surface area contributed by atoms with Gasteiger partial charge in [-0.1, -0.05) is 17.7 Å². The average molecular weight is 450 g/mol. The number of aryl methyl sites for hydroxylation is 1. The Morgan fingerprint density at radius 1 is 1.29 bits per heavy atom. The number of ketones is 1. The Morgan fingerprint density at radius 3 is 2.58 bits per heavy atom. The summed E-state index contributed by atoms with van der Waals surface area (Å²) in [4.78, 5) is 39.6. The Hall–Kier alpha value is -2.71. The summed E-state index contributed by atoms with van der Waals surface area (Å²) < 4.78 is 20.6. The van der Waals surface area contributed by atoms with E-state index in [4.69, 9.17) is 16.3 Å². The van der Waals surface area contributed by atoms with Crippen LogP contribution in [0.2, 0.25) is 5.02 Å². The number of hydrogen-bond acceptors (Lipinski definition) is 4. The Balaban J connectivity index is 1.87. The maximum absolute atomic E-state index is 13.4. The molecule has 0 bridgehead atoms. The number of Topliss-reactive ketones (excluding diaryl/α,β-unsaturated/α-hetero) is 1.